The summed E-state index contributed by atoms with van der Waals surface area (Å²) in [5.41, 5.74) is 1.72. The van der Waals surface area contributed by atoms with Gasteiger partial charge in [0.15, 0.2) is 11.3 Å². The van der Waals surface area contributed by atoms with E-state index in [9.17, 15) is 4.79 Å². The molecule has 0 bridgehead atoms. The van der Waals surface area contributed by atoms with Gasteiger partial charge in [0.05, 0.1) is 10.6 Å². The average molecular weight is 477 g/mol. The van der Waals surface area contributed by atoms with Crippen molar-refractivity contribution in [2.75, 3.05) is 0 Å². The summed E-state index contributed by atoms with van der Waals surface area (Å²) in [5.74, 6) is 2.94. The van der Waals surface area contributed by atoms with Gasteiger partial charge in [-0.15, -0.1) is 16.4 Å². The van der Waals surface area contributed by atoms with Crippen LogP contribution in [0.4, 0.5) is 0 Å². The molecule has 0 amide bonds. The van der Waals surface area contributed by atoms with Crippen molar-refractivity contribution in [3.8, 4) is 10.7 Å². The minimum atomic E-state index is -0.109. The molecule has 3 aromatic heterocycles. The van der Waals surface area contributed by atoms with Gasteiger partial charge in [-0.05, 0) is 76.7 Å². The van der Waals surface area contributed by atoms with Gasteiger partial charge in [-0.2, -0.15) is 0 Å². The van der Waals surface area contributed by atoms with Crippen molar-refractivity contribution < 1.29 is 0 Å². The molecule has 0 spiro atoms. The molecule has 3 aromatic rings. The Bertz CT molecular complexity index is 1070. The largest absolute Gasteiger partial charge is 0.302 e. The van der Waals surface area contributed by atoms with Crippen LogP contribution < -0.4 is 5.56 Å². The number of hydrogen-bond acceptors (Lipinski definition) is 4. The molecular weight excluding hydrogens is 448 g/mol. The number of aryl methyl sites for hydroxylation is 1. The second-order valence-corrected chi connectivity index (χ2v) is 11.0. The summed E-state index contributed by atoms with van der Waals surface area (Å²) in [4.78, 5) is 21.6. The SMILES string of the molecule is CCc1nc(CC2CCC(C(C)(C)C)CC2)n2nc(-c3sccc3Br)[nH]c(=O)c12. The van der Waals surface area contributed by atoms with Crippen molar-refractivity contribution >= 4 is 32.8 Å². The first-order valence-electron chi connectivity index (χ1n) is 10.5. The molecule has 0 aliphatic heterocycles. The van der Waals surface area contributed by atoms with Gasteiger partial charge in [0, 0.05) is 10.9 Å². The topological polar surface area (TPSA) is 63.1 Å². The molecule has 4 rings (SSSR count). The molecule has 29 heavy (non-hydrogen) atoms. The smallest absolute Gasteiger partial charge is 0.277 e. The van der Waals surface area contributed by atoms with Crippen LogP contribution in [0.15, 0.2) is 20.7 Å². The van der Waals surface area contributed by atoms with Gasteiger partial charge < -0.3 is 4.98 Å². The molecule has 1 N–H and O–H groups in total. The van der Waals surface area contributed by atoms with Crippen molar-refractivity contribution in [2.45, 2.75) is 66.2 Å². The summed E-state index contributed by atoms with van der Waals surface area (Å²) in [5, 5.41) is 6.80. The summed E-state index contributed by atoms with van der Waals surface area (Å²) < 4.78 is 2.76. The molecule has 0 unspecified atom stereocenters. The lowest BCUT2D eigenvalue weighted by atomic mass is 9.69. The molecule has 1 fully saturated rings. The predicted molar refractivity (Wildman–Crippen MR) is 123 cm³/mol. The van der Waals surface area contributed by atoms with Crippen molar-refractivity contribution in [3.63, 3.8) is 0 Å². The van der Waals surface area contributed by atoms with Crippen molar-refractivity contribution in [3.05, 3.63) is 37.8 Å². The quantitative estimate of drug-likeness (QED) is 0.512. The van der Waals surface area contributed by atoms with Crippen LogP contribution in [-0.2, 0) is 12.8 Å². The number of rotatable bonds is 4. The lowest BCUT2D eigenvalue weighted by Crippen LogP contribution is -2.27. The third kappa shape index (κ3) is 4.08. The zero-order valence-electron chi connectivity index (χ0n) is 17.6. The fourth-order valence-electron chi connectivity index (χ4n) is 4.57. The maximum atomic E-state index is 12.9. The van der Waals surface area contributed by atoms with E-state index in [1.807, 2.05) is 22.9 Å². The molecule has 1 saturated carbocycles. The normalized spacial score (nSPS) is 20.4. The summed E-state index contributed by atoms with van der Waals surface area (Å²) in [7, 11) is 0. The summed E-state index contributed by atoms with van der Waals surface area (Å²) in [6.07, 6.45) is 6.63. The van der Waals surface area contributed by atoms with E-state index in [4.69, 9.17) is 10.1 Å². The number of halogens is 1. The highest BCUT2D eigenvalue weighted by atomic mass is 79.9. The fourth-order valence-corrected chi connectivity index (χ4v) is 6.07. The van der Waals surface area contributed by atoms with E-state index in [2.05, 4.69) is 41.7 Å². The number of thiophene rings is 1. The molecule has 1 aliphatic rings. The van der Waals surface area contributed by atoms with E-state index < -0.39 is 0 Å². The van der Waals surface area contributed by atoms with Gasteiger partial charge in [0.1, 0.15) is 5.82 Å². The molecule has 0 atom stereocenters. The van der Waals surface area contributed by atoms with E-state index in [0.29, 0.717) is 22.7 Å². The van der Waals surface area contributed by atoms with Crippen molar-refractivity contribution in [2.24, 2.45) is 17.3 Å². The number of hydrogen-bond donors (Lipinski definition) is 1. The Kier molecular flexibility index (Phi) is 5.73. The monoisotopic (exact) mass is 476 g/mol. The van der Waals surface area contributed by atoms with E-state index in [1.54, 1.807) is 11.3 Å². The number of nitrogens with zero attached hydrogens (tertiary/aromatic N) is 3. The fraction of sp³-hybridized carbons (Fsp3) is 0.591. The van der Waals surface area contributed by atoms with Gasteiger partial charge in [-0.3, -0.25) is 4.79 Å². The highest BCUT2D eigenvalue weighted by molar-refractivity contribution is 9.10. The first kappa shape index (κ1) is 20.8. The molecule has 156 valence electrons. The second kappa shape index (κ2) is 7.99. The molecule has 0 saturated heterocycles. The highest BCUT2D eigenvalue weighted by Crippen LogP contribution is 2.40. The lowest BCUT2D eigenvalue weighted by Gasteiger charge is -2.36. The number of aromatic amines is 1. The molecule has 5 nitrogen and oxygen atoms in total. The molecule has 0 radical (unpaired) electrons. The summed E-state index contributed by atoms with van der Waals surface area (Å²) in [6, 6.07) is 1.98. The van der Waals surface area contributed by atoms with Gasteiger partial charge in [0.2, 0.25) is 0 Å². The standard InChI is InChI=1S/C22H29BrN4OS/c1-5-16-18-21(28)25-20(19-15(23)10-11-29-19)26-27(18)17(24-16)12-13-6-8-14(9-7-13)22(2,3)4/h10-11,13-14H,5-9,12H2,1-4H3,(H,25,26,28). The Morgan fingerprint density at radius 2 is 2.00 bits per heavy atom. The minimum absolute atomic E-state index is 0.109. The van der Waals surface area contributed by atoms with E-state index in [0.717, 1.165) is 39.6 Å². The van der Waals surface area contributed by atoms with Crippen LogP contribution in [0.1, 0.15) is 64.9 Å². The van der Waals surface area contributed by atoms with E-state index in [-0.39, 0.29) is 5.56 Å². The number of imidazole rings is 1. The first-order valence-corrected chi connectivity index (χ1v) is 12.2. The molecule has 3 heterocycles. The third-order valence-corrected chi connectivity index (χ3v) is 8.19. The van der Waals surface area contributed by atoms with Crippen LogP contribution >= 0.6 is 27.3 Å². The number of fused-ring (bicyclic) bond motifs is 1. The second-order valence-electron chi connectivity index (χ2n) is 9.28. The minimum Gasteiger partial charge on any atom is -0.302 e. The zero-order chi connectivity index (χ0) is 20.8. The van der Waals surface area contributed by atoms with Gasteiger partial charge >= 0.3 is 0 Å². The molecular formula is C22H29BrN4OS. The predicted octanol–water partition coefficient (Wildman–Crippen LogP) is 5.87. The Labute approximate surface area is 184 Å². The molecule has 7 heteroatoms. The molecule has 1 aliphatic carbocycles. The highest BCUT2D eigenvalue weighted by Gasteiger charge is 2.30. The summed E-state index contributed by atoms with van der Waals surface area (Å²) >= 11 is 5.12. The summed E-state index contributed by atoms with van der Waals surface area (Å²) in [6.45, 7) is 9.11. The lowest BCUT2D eigenvalue weighted by molar-refractivity contribution is 0.149. The maximum absolute atomic E-state index is 12.9. The van der Waals surface area contributed by atoms with Crippen LogP contribution in [-0.4, -0.2) is 19.6 Å². The average Bonchev–Trinajstić information content (AvgIpc) is 3.25. The van der Waals surface area contributed by atoms with Gasteiger partial charge in [0.25, 0.3) is 5.56 Å². The van der Waals surface area contributed by atoms with E-state index >= 15 is 0 Å². The maximum Gasteiger partial charge on any atom is 0.277 e. The third-order valence-electron chi connectivity index (χ3n) is 6.35. The van der Waals surface area contributed by atoms with Gasteiger partial charge in [-0.1, -0.05) is 27.7 Å². The van der Waals surface area contributed by atoms with E-state index in [1.165, 1.54) is 25.7 Å². The van der Waals surface area contributed by atoms with Crippen LogP contribution in [0.3, 0.4) is 0 Å². The number of aromatic nitrogens is 4. The Hall–Kier alpha value is -1.47. The Balaban J connectivity index is 1.67. The number of H-pyrrole nitrogens is 1. The van der Waals surface area contributed by atoms with Crippen molar-refractivity contribution in [1.82, 2.24) is 19.6 Å². The first-order chi connectivity index (χ1) is 13.8. The van der Waals surface area contributed by atoms with Gasteiger partial charge in [-0.25, -0.2) is 9.50 Å². The van der Waals surface area contributed by atoms with Crippen LogP contribution in [0, 0.1) is 17.3 Å². The van der Waals surface area contributed by atoms with Crippen LogP contribution in [0.25, 0.3) is 16.2 Å². The Morgan fingerprint density at radius 3 is 2.59 bits per heavy atom. The van der Waals surface area contributed by atoms with Crippen LogP contribution in [0.2, 0.25) is 0 Å². The van der Waals surface area contributed by atoms with Crippen molar-refractivity contribution in [1.29, 1.82) is 0 Å². The Morgan fingerprint density at radius 1 is 1.28 bits per heavy atom. The van der Waals surface area contributed by atoms with Crippen LogP contribution in [0.5, 0.6) is 0 Å². The number of nitrogens with one attached hydrogen (secondary N) is 1. The molecule has 0 aromatic carbocycles. The zero-order valence-corrected chi connectivity index (χ0v) is 20.0.